The maximum Gasteiger partial charge on any atom is 0.0457 e. The summed E-state index contributed by atoms with van der Waals surface area (Å²) in [6.45, 7) is 0.838. The van der Waals surface area contributed by atoms with Gasteiger partial charge in [-0.2, -0.15) is 0 Å². The van der Waals surface area contributed by atoms with E-state index in [1.807, 2.05) is 6.20 Å². The summed E-state index contributed by atoms with van der Waals surface area (Å²) in [6.07, 6.45) is 1.99. The number of thiophene rings is 1. The molecule has 4 aromatic rings. The highest BCUT2D eigenvalue weighted by molar-refractivity contribution is 7.17. The molecule has 2 heterocycles. The summed E-state index contributed by atoms with van der Waals surface area (Å²) in [5.74, 6) is 0. The highest BCUT2D eigenvalue weighted by Gasteiger charge is 2.02. The highest BCUT2D eigenvalue weighted by Crippen LogP contribution is 2.25. The van der Waals surface area contributed by atoms with Gasteiger partial charge in [-0.3, -0.25) is 0 Å². The third-order valence-corrected chi connectivity index (χ3v) is 4.52. The fourth-order valence-corrected chi connectivity index (χ4v) is 3.35. The number of nitrogens with one attached hydrogen (secondary N) is 2. The van der Waals surface area contributed by atoms with Crippen LogP contribution in [0.3, 0.4) is 0 Å². The SMILES string of the molecule is c1cc(CNc2ccc3sccc3c2)c2cc[nH]c2c1. The largest absolute Gasteiger partial charge is 0.381 e. The van der Waals surface area contributed by atoms with Crippen LogP contribution in [-0.4, -0.2) is 4.98 Å². The van der Waals surface area contributed by atoms with E-state index in [2.05, 4.69) is 64.2 Å². The number of hydrogen-bond donors (Lipinski definition) is 2. The molecular formula is C17H14N2S. The summed E-state index contributed by atoms with van der Waals surface area (Å²) in [6, 6.07) is 17.2. The van der Waals surface area contributed by atoms with Crippen LogP contribution >= 0.6 is 11.3 Å². The van der Waals surface area contributed by atoms with Gasteiger partial charge in [0, 0.05) is 34.0 Å². The lowest BCUT2D eigenvalue weighted by Gasteiger charge is -2.08. The predicted molar refractivity (Wildman–Crippen MR) is 87.5 cm³/mol. The van der Waals surface area contributed by atoms with Gasteiger partial charge in [-0.25, -0.2) is 0 Å². The normalized spacial score (nSPS) is 11.2. The van der Waals surface area contributed by atoms with Gasteiger partial charge in [-0.05, 0) is 52.7 Å². The number of aromatic amines is 1. The van der Waals surface area contributed by atoms with Crippen molar-refractivity contribution in [3.63, 3.8) is 0 Å². The zero-order valence-electron chi connectivity index (χ0n) is 10.9. The smallest absolute Gasteiger partial charge is 0.0457 e. The van der Waals surface area contributed by atoms with Crippen LogP contribution in [0, 0.1) is 0 Å². The third-order valence-electron chi connectivity index (χ3n) is 3.62. The zero-order valence-corrected chi connectivity index (χ0v) is 11.7. The molecule has 0 aliphatic heterocycles. The van der Waals surface area contributed by atoms with Crippen LogP contribution in [-0.2, 0) is 6.54 Å². The van der Waals surface area contributed by atoms with Crippen molar-refractivity contribution in [2.75, 3.05) is 5.32 Å². The second-order valence-corrected chi connectivity index (χ2v) is 5.83. The molecule has 0 unspecified atom stereocenters. The quantitative estimate of drug-likeness (QED) is 0.542. The van der Waals surface area contributed by atoms with Crippen LogP contribution in [0.4, 0.5) is 5.69 Å². The molecule has 0 spiro atoms. The average molecular weight is 278 g/mol. The molecule has 0 bridgehead atoms. The lowest BCUT2D eigenvalue weighted by Crippen LogP contribution is -1.99. The van der Waals surface area contributed by atoms with E-state index in [1.54, 1.807) is 11.3 Å². The summed E-state index contributed by atoms with van der Waals surface area (Å²) < 4.78 is 1.34. The Hall–Kier alpha value is -2.26. The monoisotopic (exact) mass is 278 g/mol. The zero-order chi connectivity index (χ0) is 13.4. The third kappa shape index (κ3) is 1.96. The minimum atomic E-state index is 0.838. The summed E-state index contributed by atoms with van der Waals surface area (Å²) in [7, 11) is 0. The van der Waals surface area contributed by atoms with Crippen molar-refractivity contribution in [1.29, 1.82) is 0 Å². The molecule has 2 N–H and O–H groups in total. The van der Waals surface area contributed by atoms with Crippen molar-refractivity contribution >= 4 is 38.0 Å². The molecular weight excluding hydrogens is 264 g/mol. The molecule has 2 nitrogen and oxygen atoms in total. The number of hydrogen-bond acceptors (Lipinski definition) is 2. The first-order valence-corrected chi connectivity index (χ1v) is 7.54. The maximum atomic E-state index is 3.52. The van der Waals surface area contributed by atoms with Crippen molar-refractivity contribution in [3.05, 3.63) is 65.7 Å². The average Bonchev–Trinajstić information content (AvgIpc) is 3.13. The molecule has 0 saturated heterocycles. The minimum absolute atomic E-state index is 0.838. The molecule has 0 aliphatic rings. The molecule has 0 fully saturated rings. The summed E-state index contributed by atoms with van der Waals surface area (Å²) in [4.78, 5) is 3.25. The topological polar surface area (TPSA) is 27.8 Å². The number of anilines is 1. The van der Waals surface area contributed by atoms with E-state index in [9.17, 15) is 0 Å². The molecule has 20 heavy (non-hydrogen) atoms. The van der Waals surface area contributed by atoms with Crippen LogP contribution in [0.15, 0.2) is 60.1 Å². The second kappa shape index (κ2) is 4.69. The van der Waals surface area contributed by atoms with Crippen molar-refractivity contribution in [1.82, 2.24) is 4.98 Å². The van der Waals surface area contributed by atoms with Crippen molar-refractivity contribution in [2.24, 2.45) is 0 Å². The lowest BCUT2D eigenvalue weighted by molar-refractivity contribution is 1.17. The van der Waals surface area contributed by atoms with E-state index >= 15 is 0 Å². The van der Waals surface area contributed by atoms with Gasteiger partial charge >= 0.3 is 0 Å². The van der Waals surface area contributed by atoms with Crippen molar-refractivity contribution in [3.8, 4) is 0 Å². The molecule has 2 aromatic carbocycles. The molecule has 3 heteroatoms. The van der Waals surface area contributed by atoms with E-state index < -0.39 is 0 Å². The van der Waals surface area contributed by atoms with Gasteiger partial charge in [0.25, 0.3) is 0 Å². The molecule has 2 aromatic heterocycles. The molecule has 0 amide bonds. The van der Waals surface area contributed by atoms with Gasteiger partial charge < -0.3 is 10.3 Å². The van der Waals surface area contributed by atoms with Crippen molar-refractivity contribution < 1.29 is 0 Å². The van der Waals surface area contributed by atoms with Crippen LogP contribution in [0.25, 0.3) is 21.0 Å². The Bertz CT molecular complexity index is 873. The predicted octanol–water partition coefficient (Wildman–Crippen LogP) is 4.99. The Morgan fingerprint density at radius 3 is 3.05 bits per heavy atom. The van der Waals surface area contributed by atoms with Crippen LogP contribution < -0.4 is 5.32 Å². The van der Waals surface area contributed by atoms with Gasteiger partial charge in [0.15, 0.2) is 0 Å². The van der Waals surface area contributed by atoms with E-state index in [0.717, 1.165) is 6.54 Å². The number of rotatable bonds is 3. The summed E-state index contributed by atoms with van der Waals surface area (Å²) in [5, 5.41) is 8.24. The Balaban J connectivity index is 1.61. The number of aromatic nitrogens is 1. The van der Waals surface area contributed by atoms with E-state index in [4.69, 9.17) is 0 Å². The van der Waals surface area contributed by atoms with Gasteiger partial charge in [-0.15, -0.1) is 11.3 Å². The van der Waals surface area contributed by atoms with Crippen LogP contribution in [0.5, 0.6) is 0 Å². The molecule has 98 valence electrons. The lowest BCUT2D eigenvalue weighted by atomic mass is 10.1. The first-order valence-electron chi connectivity index (χ1n) is 6.66. The van der Waals surface area contributed by atoms with Crippen LogP contribution in [0.2, 0.25) is 0 Å². The maximum absolute atomic E-state index is 3.52. The Labute approximate surface area is 121 Å². The number of fused-ring (bicyclic) bond motifs is 2. The molecule has 0 radical (unpaired) electrons. The highest BCUT2D eigenvalue weighted by atomic mass is 32.1. The second-order valence-electron chi connectivity index (χ2n) is 4.88. The molecule has 0 atom stereocenters. The Kier molecular flexibility index (Phi) is 2.71. The van der Waals surface area contributed by atoms with Gasteiger partial charge in [0.05, 0.1) is 0 Å². The summed E-state index contributed by atoms with van der Waals surface area (Å²) >= 11 is 1.78. The Morgan fingerprint density at radius 1 is 1.05 bits per heavy atom. The fraction of sp³-hybridized carbons (Fsp3) is 0.0588. The van der Waals surface area contributed by atoms with Crippen LogP contribution in [0.1, 0.15) is 5.56 Å². The van der Waals surface area contributed by atoms with Gasteiger partial charge in [0.1, 0.15) is 0 Å². The number of H-pyrrole nitrogens is 1. The van der Waals surface area contributed by atoms with Crippen molar-refractivity contribution in [2.45, 2.75) is 6.54 Å². The molecule has 0 saturated carbocycles. The molecule has 0 aliphatic carbocycles. The van der Waals surface area contributed by atoms with Gasteiger partial charge in [-0.1, -0.05) is 12.1 Å². The first kappa shape index (κ1) is 11.6. The van der Waals surface area contributed by atoms with E-state index in [1.165, 1.54) is 32.2 Å². The standard InChI is InChI=1S/C17H14N2S/c1-2-13(15-6-8-18-16(15)3-1)11-19-14-4-5-17-12(10-14)7-9-20-17/h1-10,18-19H,11H2. The first-order chi connectivity index (χ1) is 9.90. The summed E-state index contributed by atoms with van der Waals surface area (Å²) in [5.41, 5.74) is 3.68. The van der Waals surface area contributed by atoms with E-state index in [-0.39, 0.29) is 0 Å². The number of benzene rings is 2. The fourth-order valence-electron chi connectivity index (χ4n) is 2.58. The minimum Gasteiger partial charge on any atom is -0.381 e. The van der Waals surface area contributed by atoms with Gasteiger partial charge in [0.2, 0.25) is 0 Å². The van der Waals surface area contributed by atoms with E-state index in [0.29, 0.717) is 0 Å². The Morgan fingerprint density at radius 2 is 2.05 bits per heavy atom. The molecule has 4 rings (SSSR count).